The van der Waals surface area contributed by atoms with E-state index in [9.17, 15) is 34.2 Å². The zero-order valence-corrected chi connectivity index (χ0v) is 31.4. The summed E-state index contributed by atoms with van der Waals surface area (Å²) >= 11 is 1.53. The number of phenols is 1. The van der Waals surface area contributed by atoms with Crippen molar-refractivity contribution in [1.29, 1.82) is 0 Å². The molecule has 0 bridgehead atoms. The third-order valence-corrected chi connectivity index (χ3v) is 12.2. The Bertz CT molecular complexity index is 1920. The fourth-order valence-electron chi connectivity index (χ4n) is 8.56. The summed E-state index contributed by atoms with van der Waals surface area (Å²) in [5, 5.41) is 23.8. The smallest absolute Gasteiger partial charge is 0.235 e. The molecule has 3 aliphatic carbocycles. The first-order chi connectivity index (χ1) is 24.6. The van der Waals surface area contributed by atoms with Crippen LogP contribution < -0.4 is 10.6 Å². The van der Waals surface area contributed by atoms with Crippen LogP contribution in [0.2, 0.25) is 0 Å². The normalized spacial score (nSPS) is 25.8. The Hall–Kier alpha value is -4.23. The Morgan fingerprint density at radius 1 is 1.00 bits per heavy atom. The second-order valence-corrected chi connectivity index (χ2v) is 16.6. The molecule has 3 aromatic rings. The third kappa shape index (κ3) is 6.40. The number of nitrogens with zero attached hydrogens (tertiary/aromatic N) is 3. The van der Waals surface area contributed by atoms with E-state index in [1.54, 1.807) is 14.1 Å². The monoisotopic (exact) mass is 728 g/mol. The number of fused-ring (bicyclic) bond motifs is 3. The predicted octanol–water partition coefficient (Wildman–Crippen LogP) is 3.71. The van der Waals surface area contributed by atoms with E-state index in [1.807, 2.05) is 55.4 Å². The molecule has 3 aliphatic rings. The molecule has 0 radical (unpaired) electrons. The number of aromatic hydroxyl groups is 1. The van der Waals surface area contributed by atoms with Crippen LogP contribution in [0.5, 0.6) is 5.75 Å². The molecule has 6 rings (SSSR count). The summed E-state index contributed by atoms with van der Waals surface area (Å²) in [6, 6.07) is 15.0. The second kappa shape index (κ2) is 14.3. The van der Waals surface area contributed by atoms with Gasteiger partial charge in [0.25, 0.3) is 0 Å². The number of benzene rings is 2. The number of thiophene rings is 1. The van der Waals surface area contributed by atoms with Crippen LogP contribution in [0, 0.1) is 29.6 Å². The Kier molecular flexibility index (Phi) is 10.3. The summed E-state index contributed by atoms with van der Waals surface area (Å²) in [7, 11) is 6.83. The molecule has 1 aromatic heterocycles. The topological polar surface area (TPSA) is 162 Å². The average molecular weight is 729 g/mol. The first-order valence-corrected chi connectivity index (χ1v) is 18.6. The van der Waals surface area contributed by atoms with E-state index in [0.29, 0.717) is 29.3 Å². The number of carbonyl (C=O) groups excluding carboxylic acids is 5. The molecule has 1 amide bonds. The van der Waals surface area contributed by atoms with Crippen LogP contribution in [-0.2, 0) is 38.7 Å². The van der Waals surface area contributed by atoms with Gasteiger partial charge in [-0.2, -0.15) is 0 Å². The van der Waals surface area contributed by atoms with Crippen LogP contribution in [0.4, 0.5) is 5.69 Å². The van der Waals surface area contributed by atoms with Gasteiger partial charge in [-0.3, -0.25) is 33.8 Å². The standard InChI is InChI=1S/C40H48N4O7S/c1-21(2)14-15-44(19-22-10-8-7-9-11-22)20-24-12-13-29(52-24)26-18-28(42(3)4)25-16-23-17-27-33(43(5)6)36(47)32(39(41)50)38(49)40(27,51)37(48)30(23)35(46)31(25)34(26)45/h7-13,18,21,23,27,30,32-33,45,51H,14-17,19-20H2,1-6H3,(H2,41,50). The lowest BCUT2D eigenvalue weighted by molar-refractivity contribution is -0.181. The molecule has 6 atom stereocenters. The number of Topliss-reactive ketones (excluding diaryl/α,β-unsaturated/α-hetero) is 4. The van der Waals surface area contributed by atoms with Crippen molar-refractivity contribution in [2.24, 2.45) is 35.3 Å². The zero-order valence-electron chi connectivity index (χ0n) is 30.6. The Labute approximate surface area is 308 Å². The minimum atomic E-state index is -2.77. The number of hydrogen-bond donors (Lipinski definition) is 3. The second-order valence-electron chi connectivity index (χ2n) is 15.5. The van der Waals surface area contributed by atoms with Crippen molar-refractivity contribution in [3.05, 3.63) is 70.1 Å². The van der Waals surface area contributed by atoms with Gasteiger partial charge in [-0.25, -0.2) is 0 Å². The molecule has 52 heavy (non-hydrogen) atoms. The summed E-state index contributed by atoms with van der Waals surface area (Å²) in [4.78, 5) is 75.9. The van der Waals surface area contributed by atoms with Crippen molar-refractivity contribution >= 4 is 46.1 Å². The number of ketones is 4. The van der Waals surface area contributed by atoms with Crippen LogP contribution in [0.25, 0.3) is 10.4 Å². The van der Waals surface area contributed by atoms with Crippen LogP contribution in [0.1, 0.15) is 53.1 Å². The van der Waals surface area contributed by atoms with Crippen molar-refractivity contribution in [3.63, 3.8) is 0 Å². The molecule has 1 heterocycles. The number of hydrogen-bond acceptors (Lipinski definition) is 11. The third-order valence-electron chi connectivity index (χ3n) is 11.1. The maximum Gasteiger partial charge on any atom is 0.235 e. The van der Waals surface area contributed by atoms with Gasteiger partial charge in [-0.1, -0.05) is 44.2 Å². The highest BCUT2D eigenvalue weighted by Gasteiger charge is 2.69. The first-order valence-electron chi connectivity index (χ1n) is 17.8. The largest absolute Gasteiger partial charge is 0.506 e. The summed E-state index contributed by atoms with van der Waals surface area (Å²) < 4.78 is 0. The van der Waals surface area contributed by atoms with Crippen molar-refractivity contribution in [2.45, 2.75) is 57.8 Å². The average Bonchev–Trinajstić information content (AvgIpc) is 3.53. The Morgan fingerprint density at radius 3 is 2.31 bits per heavy atom. The number of anilines is 1. The molecule has 0 spiro atoms. The molecule has 6 unspecified atom stereocenters. The molecule has 0 saturated heterocycles. The van der Waals surface area contributed by atoms with Gasteiger partial charge in [0.05, 0.1) is 17.5 Å². The molecule has 2 saturated carbocycles. The van der Waals surface area contributed by atoms with Gasteiger partial charge in [0, 0.05) is 54.1 Å². The van der Waals surface area contributed by atoms with Gasteiger partial charge >= 0.3 is 0 Å². The Morgan fingerprint density at radius 2 is 1.69 bits per heavy atom. The fourth-order valence-corrected chi connectivity index (χ4v) is 9.63. The number of phenolic OH excluding ortho intramolecular Hbond substituents is 1. The SMILES string of the molecule is CC(C)CCN(Cc1ccccc1)Cc1ccc(-c2cc(N(C)C)c3c(c2O)C(=O)C2C(=O)C4(O)C(=O)C(C(N)=O)C(=O)C(N(C)C)C4CC2C3)s1. The van der Waals surface area contributed by atoms with Crippen LogP contribution >= 0.6 is 11.3 Å². The van der Waals surface area contributed by atoms with Gasteiger partial charge in [-0.15, -0.1) is 11.3 Å². The number of primary amides is 1. The summed E-state index contributed by atoms with van der Waals surface area (Å²) in [5.74, 6) is -10.0. The minimum absolute atomic E-state index is 0.00382. The highest BCUT2D eigenvalue weighted by atomic mass is 32.1. The number of likely N-dealkylation sites (N-methyl/N-ethyl adjacent to an activating group) is 1. The van der Waals surface area contributed by atoms with E-state index in [1.165, 1.54) is 21.8 Å². The van der Waals surface area contributed by atoms with E-state index < -0.39 is 64.4 Å². The molecule has 12 heteroatoms. The van der Waals surface area contributed by atoms with Gasteiger partial charge in [0.2, 0.25) is 5.91 Å². The zero-order chi connectivity index (χ0) is 37.8. The lowest BCUT2D eigenvalue weighted by atomic mass is 9.52. The maximum atomic E-state index is 14.5. The highest BCUT2D eigenvalue weighted by molar-refractivity contribution is 7.15. The molecule has 0 aliphatic heterocycles. The molecular formula is C40H48N4O7S. The van der Waals surface area contributed by atoms with Gasteiger partial charge in [-0.05, 0) is 81.1 Å². The molecule has 276 valence electrons. The number of nitrogens with two attached hydrogens (primary N) is 1. The first kappa shape index (κ1) is 37.5. The van der Waals surface area contributed by atoms with E-state index >= 15 is 0 Å². The van der Waals surface area contributed by atoms with E-state index in [2.05, 4.69) is 30.9 Å². The van der Waals surface area contributed by atoms with Crippen molar-refractivity contribution in [1.82, 2.24) is 9.80 Å². The number of carbonyl (C=O) groups is 5. The van der Waals surface area contributed by atoms with Crippen LogP contribution in [-0.4, -0.2) is 95.4 Å². The Balaban J connectivity index is 1.37. The molecule has 4 N–H and O–H groups in total. The van der Waals surface area contributed by atoms with Gasteiger partial charge in [0.1, 0.15) is 5.75 Å². The van der Waals surface area contributed by atoms with Gasteiger partial charge < -0.3 is 20.8 Å². The number of amides is 1. The summed E-state index contributed by atoms with van der Waals surface area (Å²) in [6.07, 6.45) is 1.25. The lowest BCUT2D eigenvalue weighted by Gasteiger charge is -2.52. The van der Waals surface area contributed by atoms with Gasteiger partial charge in [0.15, 0.2) is 34.7 Å². The predicted molar refractivity (Wildman–Crippen MR) is 199 cm³/mol. The molecule has 2 aromatic carbocycles. The van der Waals surface area contributed by atoms with Crippen molar-refractivity contribution in [3.8, 4) is 16.2 Å². The summed E-state index contributed by atoms with van der Waals surface area (Å²) in [6.45, 7) is 6.83. The lowest BCUT2D eigenvalue weighted by Crippen LogP contribution is -2.74. The fraction of sp³-hybridized carbons (Fsp3) is 0.475. The number of rotatable bonds is 11. The molecule has 2 fully saturated rings. The minimum Gasteiger partial charge on any atom is -0.506 e. The van der Waals surface area contributed by atoms with E-state index in [0.717, 1.165) is 29.3 Å². The number of aliphatic hydroxyl groups is 1. The van der Waals surface area contributed by atoms with E-state index in [4.69, 9.17) is 5.73 Å². The molecular weight excluding hydrogens is 681 g/mol. The van der Waals surface area contributed by atoms with Crippen LogP contribution in [0.3, 0.4) is 0 Å². The van der Waals surface area contributed by atoms with Crippen molar-refractivity contribution < 1.29 is 34.2 Å². The van der Waals surface area contributed by atoms with Crippen molar-refractivity contribution in [2.75, 3.05) is 39.6 Å². The maximum absolute atomic E-state index is 14.5. The summed E-state index contributed by atoms with van der Waals surface area (Å²) in [5.41, 5.74) is 5.62. The van der Waals surface area contributed by atoms with Crippen LogP contribution in [0.15, 0.2) is 48.5 Å². The highest BCUT2D eigenvalue weighted by Crippen LogP contribution is 2.53. The van der Waals surface area contributed by atoms with E-state index in [-0.39, 0.29) is 24.2 Å². The molecule has 11 nitrogen and oxygen atoms in total. The quantitative estimate of drug-likeness (QED) is 0.248.